The van der Waals surface area contributed by atoms with E-state index in [-0.39, 0.29) is 29.6 Å². The summed E-state index contributed by atoms with van der Waals surface area (Å²) >= 11 is 0. The fraction of sp³-hybridized carbons (Fsp3) is 0.389. The Labute approximate surface area is 151 Å². The lowest BCUT2D eigenvalue weighted by molar-refractivity contribution is 0.0886. The van der Waals surface area contributed by atoms with Crippen LogP contribution in [0.5, 0.6) is 11.8 Å². The monoisotopic (exact) mass is 353 g/mol. The second kappa shape index (κ2) is 8.25. The van der Waals surface area contributed by atoms with E-state index in [0.29, 0.717) is 11.4 Å². The summed E-state index contributed by atoms with van der Waals surface area (Å²) < 4.78 is 10.9. The lowest BCUT2D eigenvalue weighted by Gasteiger charge is -2.29. The average Bonchev–Trinajstić information content (AvgIpc) is 2.69. The van der Waals surface area contributed by atoms with Crippen molar-refractivity contribution in [3.63, 3.8) is 0 Å². The maximum atomic E-state index is 12.4. The molecular weight excluding hydrogens is 334 g/mol. The number of carbonyl (C=O) groups excluding carboxylic acids is 1. The Balaban J connectivity index is 1.54. The summed E-state index contributed by atoms with van der Waals surface area (Å²) in [5.41, 5.74) is 0.609. The summed E-state index contributed by atoms with van der Waals surface area (Å²) in [6, 6.07) is 5.43. The van der Waals surface area contributed by atoms with Gasteiger partial charge in [0.05, 0.1) is 7.11 Å². The number of hydrogen-bond acceptors (Lipinski definition) is 7. The van der Waals surface area contributed by atoms with E-state index < -0.39 is 0 Å². The minimum Gasteiger partial charge on any atom is -0.480 e. The van der Waals surface area contributed by atoms with Crippen molar-refractivity contribution in [1.82, 2.24) is 20.3 Å². The summed E-state index contributed by atoms with van der Waals surface area (Å²) in [5, 5.41) is 12.1. The molecule has 1 saturated carbocycles. The maximum Gasteiger partial charge on any atom is 0.256 e. The number of nitrogens with zero attached hydrogens (tertiary/aromatic N) is 4. The van der Waals surface area contributed by atoms with Gasteiger partial charge in [-0.05, 0) is 37.8 Å². The number of amides is 1. The first kappa shape index (κ1) is 17.6. The van der Waals surface area contributed by atoms with Crippen LogP contribution in [0.25, 0.3) is 0 Å². The third-order valence-corrected chi connectivity index (χ3v) is 4.27. The highest BCUT2D eigenvalue weighted by Crippen LogP contribution is 2.24. The Hall–Kier alpha value is -3.21. The molecule has 8 nitrogen and oxygen atoms in total. The molecule has 2 aromatic heterocycles. The third-order valence-electron chi connectivity index (χ3n) is 4.27. The van der Waals surface area contributed by atoms with Gasteiger partial charge in [0.2, 0.25) is 11.6 Å². The molecular formula is C18H19N5O3. The lowest BCUT2D eigenvalue weighted by Crippen LogP contribution is -2.40. The van der Waals surface area contributed by atoms with Gasteiger partial charge < -0.3 is 14.8 Å². The zero-order valence-electron chi connectivity index (χ0n) is 14.4. The van der Waals surface area contributed by atoms with Crippen LogP contribution in [-0.4, -0.2) is 40.1 Å². The minimum absolute atomic E-state index is 0.0418. The van der Waals surface area contributed by atoms with Crippen molar-refractivity contribution in [2.75, 3.05) is 7.11 Å². The molecule has 0 aromatic carbocycles. The molecule has 0 unspecified atom stereocenters. The standard InChI is InChI=1S/C18H19N5O3/c1-25-17-14(3-2-8-21-17)16(24)23-12-4-6-13(7-5-12)26-18-15(11-19)20-9-10-22-18/h2-3,8-10,12-13H,4-7H2,1H3,(H,23,24). The van der Waals surface area contributed by atoms with E-state index in [2.05, 4.69) is 20.3 Å². The predicted octanol–water partition coefficient (Wildman–Crippen LogP) is 1.87. The first-order valence-corrected chi connectivity index (χ1v) is 8.39. The minimum atomic E-state index is -0.194. The molecule has 0 radical (unpaired) electrons. The molecule has 1 amide bonds. The van der Waals surface area contributed by atoms with Crippen LogP contribution in [0.3, 0.4) is 0 Å². The number of methoxy groups -OCH3 is 1. The number of rotatable bonds is 5. The van der Waals surface area contributed by atoms with Gasteiger partial charge in [-0.3, -0.25) is 4.79 Å². The van der Waals surface area contributed by atoms with Crippen molar-refractivity contribution in [3.05, 3.63) is 42.0 Å². The van der Waals surface area contributed by atoms with Crippen LogP contribution in [0.1, 0.15) is 41.7 Å². The smallest absolute Gasteiger partial charge is 0.256 e. The topological polar surface area (TPSA) is 110 Å². The number of carbonyl (C=O) groups is 1. The Morgan fingerprint density at radius 3 is 2.62 bits per heavy atom. The molecule has 2 heterocycles. The Morgan fingerprint density at radius 1 is 1.15 bits per heavy atom. The number of nitriles is 1. The first-order valence-electron chi connectivity index (χ1n) is 8.39. The van der Waals surface area contributed by atoms with Crippen LogP contribution < -0.4 is 14.8 Å². The van der Waals surface area contributed by atoms with E-state index >= 15 is 0 Å². The highest BCUT2D eigenvalue weighted by Gasteiger charge is 2.26. The molecule has 26 heavy (non-hydrogen) atoms. The van der Waals surface area contributed by atoms with Crippen LogP contribution >= 0.6 is 0 Å². The zero-order valence-corrected chi connectivity index (χ0v) is 14.4. The number of ether oxygens (including phenoxy) is 2. The Morgan fingerprint density at radius 2 is 1.88 bits per heavy atom. The molecule has 2 aromatic rings. The van der Waals surface area contributed by atoms with E-state index in [0.717, 1.165) is 25.7 Å². The molecule has 0 spiro atoms. The van der Waals surface area contributed by atoms with Crippen molar-refractivity contribution in [2.24, 2.45) is 0 Å². The van der Waals surface area contributed by atoms with Crippen LogP contribution in [0.4, 0.5) is 0 Å². The van der Waals surface area contributed by atoms with E-state index in [4.69, 9.17) is 14.7 Å². The Kier molecular flexibility index (Phi) is 5.59. The largest absolute Gasteiger partial charge is 0.480 e. The molecule has 0 saturated heterocycles. The van der Waals surface area contributed by atoms with Gasteiger partial charge in [-0.15, -0.1) is 0 Å². The SMILES string of the molecule is COc1ncccc1C(=O)NC1CCC(Oc2nccnc2C#N)CC1. The summed E-state index contributed by atoms with van der Waals surface area (Å²) in [6.45, 7) is 0. The number of pyridine rings is 1. The average molecular weight is 353 g/mol. The van der Waals surface area contributed by atoms with E-state index in [9.17, 15) is 4.79 Å². The van der Waals surface area contributed by atoms with E-state index in [1.54, 1.807) is 18.3 Å². The molecule has 1 aliphatic rings. The normalized spacial score (nSPS) is 19.2. The molecule has 1 N–H and O–H groups in total. The fourth-order valence-corrected chi connectivity index (χ4v) is 2.96. The summed E-state index contributed by atoms with van der Waals surface area (Å²) in [6.07, 6.45) is 7.59. The molecule has 0 aliphatic heterocycles. The first-order chi connectivity index (χ1) is 12.7. The highest BCUT2D eigenvalue weighted by molar-refractivity contribution is 5.96. The second-order valence-corrected chi connectivity index (χ2v) is 5.95. The molecule has 3 rings (SSSR count). The second-order valence-electron chi connectivity index (χ2n) is 5.95. The van der Waals surface area contributed by atoms with Gasteiger partial charge in [-0.1, -0.05) is 0 Å². The van der Waals surface area contributed by atoms with Gasteiger partial charge in [0.15, 0.2) is 0 Å². The Bertz CT molecular complexity index is 812. The molecule has 0 bridgehead atoms. The number of hydrogen-bond donors (Lipinski definition) is 1. The molecule has 134 valence electrons. The molecule has 1 aliphatic carbocycles. The maximum absolute atomic E-state index is 12.4. The van der Waals surface area contributed by atoms with E-state index in [1.165, 1.54) is 19.5 Å². The molecule has 8 heteroatoms. The van der Waals surface area contributed by atoms with Gasteiger partial charge in [-0.25, -0.2) is 15.0 Å². The zero-order chi connectivity index (χ0) is 18.4. The van der Waals surface area contributed by atoms with Gasteiger partial charge in [-0.2, -0.15) is 5.26 Å². The van der Waals surface area contributed by atoms with Crippen LogP contribution in [0, 0.1) is 11.3 Å². The quantitative estimate of drug-likeness (QED) is 0.873. The lowest BCUT2D eigenvalue weighted by atomic mass is 9.92. The highest BCUT2D eigenvalue weighted by atomic mass is 16.5. The summed E-state index contributed by atoms with van der Waals surface area (Å²) in [5.74, 6) is 0.385. The summed E-state index contributed by atoms with van der Waals surface area (Å²) in [4.78, 5) is 24.5. The van der Waals surface area contributed by atoms with Crippen molar-refractivity contribution in [3.8, 4) is 17.8 Å². The van der Waals surface area contributed by atoms with Gasteiger partial charge in [0.25, 0.3) is 11.8 Å². The van der Waals surface area contributed by atoms with Gasteiger partial charge in [0, 0.05) is 24.6 Å². The summed E-state index contributed by atoms with van der Waals surface area (Å²) in [7, 11) is 1.49. The van der Waals surface area contributed by atoms with E-state index in [1.807, 2.05) is 6.07 Å². The molecule has 1 fully saturated rings. The predicted molar refractivity (Wildman–Crippen MR) is 91.7 cm³/mol. The number of aromatic nitrogens is 3. The van der Waals surface area contributed by atoms with Crippen molar-refractivity contribution < 1.29 is 14.3 Å². The van der Waals surface area contributed by atoms with Crippen LogP contribution in [-0.2, 0) is 0 Å². The van der Waals surface area contributed by atoms with Crippen molar-refractivity contribution >= 4 is 5.91 Å². The van der Waals surface area contributed by atoms with Crippen LogP contribution in [0.15, 0.2) is 30.7 Å². The third kappa shape index (κ3) is 4.06. The fourth-order valence-electron chi connectivity index (χ4n) is 2.96. The van der Waals surface area contributed by atoms with Gasteiger partial charge >= 0.3 is 0 Å². The molecule has 0 atom stereocenters. The van der Waals surface area contributed by atoms with Crippen molar-refractivity contribution in [2.45, 2.75) is 37.8 Å². The van der Waals surface area contributed by atoms with Crippen molar-refractivity contribution in [1.29, 1.82) is 5.26 Å². The van der Waals surface area contributed by atoms with Crippen LogP contribution in [0.2, 0.25) is 0 Å². The number of nitrogens with one attached hydrogen (secondary N) is 1. The van der Waals surface area contributed by atoms with Gasteiger partial charge in [0.1, 0.15) is 17.7 Å².